The Labute approximate surface area is 175 Å². The van der Waals surface area contributed by atoms with Gasteiger partial charge in [-0.15, -0.1) is 0 Å². The van der Waals surface area contributed by atoms with Crippen LogP contribution in [0.4, 0.5) is 5.69 Å². The van der Waals surface area contributed by atoms with Crippen LogP contribution < -0.4 is 4.90 Å². The van der Waals surface area contributed by atoms with Crippen molar-refractivity contribution < 1.29 is 9.90 Å². The van der Waals surface area contributed by atoms with Crippen LogP contribution in [0.1, 0.15) is 32.6 Å². The van der Waals surface area contributed by atoms with Crippen molar-refractivity contribution in [1.82, 2.24) is 4.98 Å². The molecule has 4 nitrogen and oxygen atoms in total. The van der Waals surface area contributed by atoms with Crippen LogP contribution in [0.2, 0.25) is 0 Å². The third kappa shape index (κ3) is 2.90. The van der Waals surface area contributed by atoms with Crippen LogP contribution in [0.15, 0.2) is 103 Å². The standard InChI is InChI=1S/C26H20N2O2/c29-25-23-8-4-5-9-24(23)26(30,21-6-2-1-3-7-21)28(25)22-12-10-19(11-13-22)18-20-14-16-27-17-15-20/h1-17,30H,18H2/t26-/m1/s1. The summed E-state index contributed by atoms with van der Waals surface area (Å²) in [5.41, 5.74) is 3.17. The minimum absolute atomic E-state index is 0.209. The molecule has 30 heavy (non-hydrogen) atoms. The Kier molecular flexibility index (Phi) is 4.42. The highest BCUT2D eigenvalue weighted by molar-refractivity contribution is 6.12. The highest BCUT2D eigenvalue weighted by atomic mass is 16.3. The lowest BCUT2D eigenvalue weighted by molar-refractivity contribution is 0.0703. The Morgan fingerprint density at radius 1 is 0.767 bits per heavy atom. The van der Waals surface area contributed by atoms with Gasteiger partial charge in [-0.2, -0.15) is 0 Å². The molecule has 1 N–H and O–H groups in total. The number of anilines is 1. The molecule has 0 spiro atoms. The Balaban J connectivity index is 1.56. The molecule has 1 atom stereocenters. The van der Waals surface area contributed by atoms with Gasteiger partial charge in [0.25, 0.3) is 5.91 Å². The molecule has 1 aliphatic heterocycles. The number of benzene rings is 3. The number of carbonyl (C=O) groups excluding carboxylic acids is 1. The number of rotatable bonds is 4. The maximum Gasteiger partial charge on any atom is 0.261 e. The van der Waals surface area contributed by atoms with E-state index in [0.717, 1.165) is 12.0 Å². The van der Waals surface area contributed by atoms with E-state index in [1.807, 2.05) is 84.9 Å². The first-order chi connectivity index (χ1) is 14.7. The van der Waals surface area contributed by atoms with E-state index in [2.05, 4.69) is 4.98 Å². The van der Waals surface area contributed by atoms with Gasteiger partial charge < -0.3 is 5.11 Å². The summed E-state index contributed by atoms with van der Waals surface area (Å²) in [6.07, 6.45) is 4.34. The Morgan fingerprint density at radius 3 is 2.13 bits per heavy atom. The van der Waals surface area contributed by atoms with Gasteiger partial charge in [0.15, 0.2) is 5.72 Å². The Hall–Kier alpha value is -3.76. The Bertz CT molecular complexity index is 1190. The van der Waals surface area contributed by atoms with E-state index in [1.165, 1.54) is 10.5 Å². The molecule has 0 radical (unpaired) electrons. The fourth-order valence-electron chi connectivity index (χ4n) is 4.12. The molecule has 4 heteroatoms. The van der Waals surface area contributed by atoms with Gasteiger partial charge in [0.1, 0.15) is 0 Å². The molecule has 4 aromatic rings. The Morgan fingerprint density at radius 2 is 1.40 bits per heavy atom. The highest BCUT2D eigenvalue weighted by Gasteiger charge is 2.50. The molecule has 5 rings (SSSR count). The van der Waals surface area contributed by atoms with Gasteiger partial charge in [-0.05, 0) is 47.9 Å². The van der Waals surface area contributed by atoms with Crippen LogP contribution in [-0.4, -0.2) is 16.0 Å². The average Bonchev–Trinajstić information content (AvgIpc) is 3.04. The fraction of sp³-hybridized carbons (Fsp3) is 0.0769. The first-order valence-electron chi connectivity index (χ1n) is 9.88. The van der Waals surface area contributed by atoms with Gasteiger partial charge in [-0.1, -0.05) is 60.7 Å². The van der Waals surface area contributed by atoms with Crippen LogP contribution in [0, 0.1) is 0 Å². The van der Waals surface area contributed by atoms with Crippen LogP contribution in [0.3, 0.4) is 0 Å². The summed E-state index contributed by atoms with van der Waals surface area (Å²) in [6.45, 7) is 0. The number of aliphatic hydroxyl groups is 1. The number of fused-ring (bicyclic) bond motifs is 1. The van der Waals surface area contributed by atoms with Crippen molar-refractivity contribution in [2.75, 3.05) is 4.90 Å². The lowest BCUT2D eigenvalue weighted by Crippen LogP contribution is -2.45. The fourth-order valence-corrected chi connectivity index (χ4v) is 4.12. The van der Waals surface area contributed by atoms with Gasteiger partial charge in [0.05, 0.1) is 0 Å². The molecule has 1 amide bonds. The molecule has 146 valence electrons. The van der Waals surface area contributed by atoms with Crippen molar-refractivity contribution in [3.05, 3.63) is 131 Å². The molecule has 0 aliphatic carbocycles. The highest BCUT2D eigenvalue weighted by Crippen LogP contribution is 2.44. The second kappa shape index (κ2) is 7.25. The van der Waals surface area contributed by atoms with Crippen LogP contribution in [0.5, 0.6) is 0 Å². The second-order valence-electron chi connectivity index (χ2n) is 7.42. The molecule has 3 aromatic carbocycles. The average molecular weight is 392 g/mol. The van der Waals surface area contributed by atoms with Crippen molar-refractivity contribution in [3.8, 4) is 0 Å². The van der Waals surface area contributed by atoms with Gasteiger partial charge in [0.2, 0.25) is 0 Å². The predicted molar refractivity (Wildman–Crippen MR) is 116 cm³/mol. The molecule has 0 unspecified atom stereocenters. The van der Waals surface area contributed by atoms with Crippen molar-refractivity contribution >= 4 is 11.6 Å². The number of amides is 1. The minimum Gasteiger partial charge on any atom is -0.363 e. The second-order valence-corrected chi connectivity index (χ2v) is 7.42. The third-order valence-corrected chi connectivity index (χ3v) is 5.59. The lowest BCUT2D eigenvalue weighted by atomic mass is 9.93. The third-order valence-electron chi connectivity index (χ3n) is 5.59. The van der Waals surface area contributed by atoms with E-state index in [0.29, 0.717) is 22.4 Å². The molecule has 0 fully saturated rings. The van der Waals surface area contributed by atoms with Gasteiger partial charge in [-0.25, -0.2) is 0 Å². The first-order valence-corrected chi connectivity index (χ1v) is 9.88. The summed E-state index contributed by atoms with van der Waals surface area (Å²) in [6, 6.07) is 28.4. The van der Waals surface area contributed by atoms with Gasteiger partial charge >= 0.3 is 0 Å². The van der Waals surface area contributed by atoms with Crippen LogP contribution in [0.25, 0.3) is 0 Å². The van der Waals surface area contributed by atoms with Crippen molar-refractivity contribution in [1.29, 1.82) is 0 Å². The molecule has 2 heterocycles. The molecular weight excluding hydrogens is 372 g/mol. The summed E-state index contributed by atoms with van der Waals surface area (Å²) in [5, 5.41) is 11.9. The van der Waals surface area contributed by atoms with E-state index < -0.39 is 5.72 Å². The lowest BCUT2D eigenvalue weighted by Gasteiger charge is -2.35. The summed E-state index contributed by atoms with van der Waals surface area (Å²) < 4.78 is 0. The molecule has 0 saturated carbocycles. The molecular formula is C26H20N2O2. The summed E-state index contributed by atoms with van der Waals surface area (Å²) in [5.74, 6) is -0.209. The number of carbonyl (C=O) groups is 1. The quantitative estimate of drug-likeness (QED) is 0.555. The molecule has 0 saturated heterocycles. The normalized spacial score (nSPS) is 17.8. The molecule has 0 bridgehead atoms. The summed E-state index contributed by atoms with van der Waals surface area (Å²) >= 11 is 0. The van der Waals surface area contributed by atoms with Crippen molar-refractivity contribution in [2.24, 2.45) is 0 Å². The van der Waals surface area contributed by atoms with E-state index >= 15 is 0 Å². The summed E-state index contributed by atoms with van der Waals surface area (Å²) in [7, 11) is 0. The number of hydrogen-bond donors (Lipinski definition) is 1. The van der Waals surface area contributed by atoms with Crippen molar-refractivity contribution in [3.63, 3.8) is 0 Å². The van der Waals surface area contributed by atoms with E-state index in [1.54, 1.807) is 18.5 Å². The minimum atomic E-state index is -1.55. The smallest absolute Gasteiger partial charge is 0.261 e. The summed E-state index contributed by atoms with van der Waals surface area (Å²) in [4.78, 5) is 18.9. The zero-order chi connectivity index (χ0) is 20.6. The van der Waals surface area contributed by atoms with Crippen LogP contribution >= 0.6 is 0 Å². The van der Waals surface area contributed by atoms with E-state index in [9.17, 15) is 9.90 Å². The van der Waals surface area contributed by atoms with Gasteiger partial charge in [0, 0.05) is 34.8 Å². The van der Waals surface area contributed by atoms with Crippen LogP contribution in [-0.2, 0) is 12.1 Å². The zero-order valence-electron chi connectivity index (χ0n) is 16.3. The van der Waals surface area contributed by atoms with E-state index in [-0.39, 0.29) is 5.91 Å². The SMILES string of the molecule is O=C1c2ccccc2[C@](O)(c2ccccc2)N1c1ccc(Cc2ccncc2)cc1. The maximum absolute atomic E-state index is 13.3. The van der Waals surface area contributed by atoms with E-state index in [4.69, 9.17) is 0 Å². The molecule has 1 aromatic heterocycles. The van der Waals surface area contributed by atoms with Gasteiger partial charge in [-0.3, -0.25) is 14.7 Å². The van der Waals surface area contributed by atoms with Crippen molar-refractivity contribution in [2.45, 2.75) is 12.1 Å². The number of nitrogens with zero attached hydrogens (tertiary/aromatic N) is 2. The topological polar surface area (TPSA) is 53.4 Å². The first kappa shape index (κ1) is 18.3. The monoisotopic (exact) mass is 392 g/mol. The largest absolute Gasteiger partial charge is 0.363 e. The molecule has 1 aliphatic rings. The predicted octanol–water partition coefficient (Wildman–Crippen LogP) is 4.53. The number of hydrogen-bond acceptors (Lipinski definition) is 3. The maximum atomic E-state index is 13.3. The zero-order valence-corrected chi connectivity index (χ0v) is 16.3. The number of pyridine rings is 1. The number of aromatic nitrogens is 1.